The van der Waals surface area contributed by atoms with Crippen molar-refractivity contribution in [2.45, 2.75) is 25.7 Å². The molecule has 0 atom stereocenters. The topological polar surface area (TPSA) is 26.3 Å². The zero-order chi connectivity index (χ0) is 11.1. The Labute approximate surface area is 94.9 Å². The third kappa shape index (κ3) is 1.29. The van der Waals surface area contributed by atoms with Crippen LogP contribution in [0.25, 0.3) is 5.57 Å². The molecule has 2 heteroatoms. The number of hydrogen-bond donors (Lipinski definition) is 0. The molecule has 0 unspecified atom stereocenters. The Morgan fingerprint density at radius 3 is 2.75 bits per heavy atom. The van der Waals surface area contributed by atoms with Crippen LogP contribution in [-0.2, 0) is 11.2 Å². The van der Waals surface area contributed by atoms with Crippen molar-refractivity contribution in [3.05, 3.63) is 34.9 Å². The molecule has 0 aliphatic heterocycles. The lowest BCUT2D eigenvalue weighted by Crippen LogP contribution is -2.06. The summed E-state index contributed by atoms with van der Waals surface area (Å²) < 4.78 is 5.23. The molecule has 0 spiro atoms. The molecule has 3 rings (SSSR count). The highest BCUT2D eigenvalue weighted by atomic mass is 16.5. The van der Waals surface area contributed by atoms with Crippen LogP contribution in [0.5, 0.6) is 5.75 Å². The van der Waals surface area contributed by atoms with Crippen LogP contribution in [0.4, 0.5) is 0 Å². The molecule has 1 aromatic carbocycles. The van der Waals surface area contributed by atoms with E-state index >= 15 is 0 Å². The van der Waals surface area contributed by atoms with E-state index in [0.29, 0.717) is 12.2 Å². The van der Waals surface area contributed by atoms with Crippen molar-refractivity contribution in [3.63, 3.8) is 0 Å². The molecule has 0 amide bonds. The minimum atomic E-state index is 0.309. The second-order valence-electron chi connectivity index (χ2n) is 4.42. The van der Waals surface area contributed by atoms with Gasteiger partial charge in [-0.15, -0.1) is 0 Å². The van der Waals surface area contributed by atoms with Crippen LogP contribution >= 0.6 is 0 Å². The van der Waals surface area contributed by atoms with Gasteiger partial charge in [0.25, 0.3) is 0 Å². The molecule has 0 heterocycles. The lowest BCUT2D eigenvalue weighted by atomic mass is 9.87. The van der Waals surface area contributed by atoms with Gasteiger partial charge >= 0.3 is 0 Å². The number of methoxy groups -OCH3 is 1. The van der Waals surface area contributed by atoms with Crippen LogP contribution < -0.4 is 4.74 Å². The van der Waals surface area contributed by atoms with Gasteiger partial charge in [0.1, 0.15) is 5.75 Å². The number of benzene rings is 1. The van der Waals surface area contributed by atoms with Gasteiger partial charge in [-0.2, -0.15) is 0 Å². The lowest BCUT2D eigenvalue weighted by Gasteiger charge is -2.18. The molecule has 0 saturated carbocycles. The Bertz CT molecular complexity index is 497. The predicted molar refractivity (Wildman–Crippen MR) is 62.5 cm³/mol. The van der Waals surface area contributed by atoms with Gasteiger partial charge in [0.05, 0.1) is 7.11 Å². The van der Waals surface area contributed by atoms with Gasteiger partial charge < -0.3 is 4.74 Å². The van der Waals surface area contributed by atoms with Gasteiger partial charge in [-0.05, 0) is 42.5 Å². The van der Waals surface area contributed by atoms with Crippen molar-refractivity contribution in [1.82, 2.24) is 0 Å². The zero-order valence-corrected chi connectivity index (χ0v) is 9.38. The number of allylic oxidation sites excluding steroid dienone is 2. The average Bonchev–Trinajstić information content (AvgIpc) is 2.71. The van der Waals surface area contributed by atoms with Crippen molar-refractivity contribution in [1.29, 1.82) is 0 Å². The summed E-state index contributed by atoms with van der Waals surface area (Å²) in [5.41, 5.74) is 4.74. The van der Waals surface area contributed by atoms with E-state index in [-0.39, 0.29) is 0 Å². The molecule has 1 aromatic rings. The van der Waals surface area contributed by atoms with E-state index in [0.717, 1.165) is 36.1 Å². The molecule has 2 aliphatic carbocycles. The van der Waals surface area contributed by atoms with Crippen molar-refractivity contribution in [2.75, 3.05) is 7.11 Å². The van der Waals surface area contributed by atoms with Gasteiger partial charge in [0.15, 0.2) is 5.78 Å². The summed E-state index contributed by atoms with van der Waals surface area (Å²) in [7, 11) is 1.66. The van der Waals surface area contributed by atoms with E-state index in [1.54, 1.807) is 7.11 Å². The Kier molecular flexibility index (Phi) is 2.10. The maximum atomic E-state index is 11.9. The summed E-state index contributed by atoms with van der Waals surface area (Å²) in [6, 6.07) is 6.07. The van der Waals surface area contributed by atoms with Crippen LogP contribution in [0.1, 0.15) is 30.4 Å². The predicted octanol–water partition coefficient (Wildman–Crippen LogP) is 2.76. The van der Waals surface area contributed by atoms with Gasteiger partial charge in [-0.1, -0.05) is 11.6 Å². The normalized spacial score (nSPS) is 18.4. The average molecular weight is 214 g/mol. The highest BCUT2D eigenvalue weighted by Gasteiger charge is 2.29. The van der Waals surface area contributed by atoms with E-state index in [2.05, 4.69) is 6.07 Å². The number of ether oxygens (including phenoxy) is 1. The maximum Gasteiger partial charge on any atom is 0.163 e. The van der Waals surface area contributed by atoms with Gasteiger partial charge in [-0.25, -0.2) is 0 Å². The number of rotatable bonds is 1. The third-order valence-electron chi connectivity index (χ3n) is 3.57. The lowest BCUT2D eigenvalue weighted by molar-refractivity contribution is -0.113. The number of fused-ring (bicyclic) bond motifs is 2. The first kappa shape index (κ1) is 9.64. The summed E-state index contributed by atoms with van der Waals surface area (Å²) in [6.07, 6.45) is 3.78. The van der Waals surface area contributed by atoms with Gasteiger partial charge in [-0.3, -0.25) is 4.79 Å². The van der Waals surface area contributed by atoms with E-state index in [4.69, 9.17) is 4.74 Å². The van der Waals surface area contributed by atoms with Crippen molar-refractivity contribution in [3.8, 4) is 5.75 Å². The van der Waals surface area contributed by atoms with E-state index in [9.17, 15) is 4.79 Å². The van der Waals surface area contributed by atoms with Gasteiger partial charge in [0.2, 0.25) is 0 Å². The molecule has 2 nitrogen and oxygen atoms in total. The molecule has 82 valence electrons. The monoisotopic (exact) mass is 214 g/mol. The number of aryl methyl sites for hydroxylation is 1. The Morgan fingerprint density at radius 1 is 1.12 bits per heavy atom. The molecule has 16 heavy (non-hydrogen) atoms. The molecule has 0 fully saturated rings. The molecule has 0 radical (unpaired) electrons. The summed E-state index contributed by atoms with van der Waals surface area (Å²) in [4.78, 5) is 11.9. The molecular weight excluding hydrogens is 200 g/mol. The Morgan fingerprint density at radius 2 is 1.94 bits per heavy atom. The van der Waals surface area contributed by atoms with Crippen LogP contribution in [0, 0.1) is 0 Å². The molecule has 0 saturated heterocycles. The fourth-order valence-corrected chi connectivity index (χ4v) is 2.72. The number of Topliss-reactive ketones (excluding diaryl/α,β-unsaturated/α-hetero) is 1. The summed E-state index contributed by atoms with van der Waals surface area (Å²) in [5, 5.41) is 0. The first-order valence-electron chi connectivity index (χ1n) is 5.72. The largest absolute Gasteiger partial charge is 0.497 e. The minimum absolute atomic E-state index is 0.309. The summed E-state index contributed by atoms with van der Waals surface area (Å²) in [6.45, 7) is 0. The molecule has 0 bridgehead atoms. The van der Waals surface area contributed by atoms with E-state index < -0.39 is 0 Å². The first-order valence-corrected chi connectivity index (χ1v) is 5.72. The summed E-state index contributed by atoms with van der Waals surface area (Å²) >= 11 is 0. The number of carbonyl (C=O) groups excluding carboxylic acids is 1. The van der Waals surface area contributed by atoms with Crippen LogP contribution in [0.3, 0.4) is 0 Å². The van der Waals surface area contributed by atoms with Crippen molar-refractivity contribution < 1.29 is 9.53 Å². The highest BCUT2D eigenvalue weighted by Crippen LogP contribution is 2.40. The Balaban J connectivity index is 2.18. The molecule has 2 aliphatic rings. The van der Waals surface area contributed by atoms with Crippen molar-refractivity contribution >= 4 is 11.4 Å². The second-order valence-corrected chi connectivity index (χ2v) is 4.42. The molecule has 0 N–H and O–H groups in total. The minimum Gasteiger partial charge on any atom is -0.497 e. The summed E-state index contributed by atoms with van der Waals surface area (Å²) in [5.74, 6) is 1.15. The Hall–Kier alpha value is -1.57. The zero-order valence-electron chi connectivity index (χ0n) is 9.38. The van der Waals surface area contributed by atoms with Gasteiger partial charge in [0, 0.05) is 12.0 Å². The fourth-order valence-electron chi connectivity index (χ4n) is 2.72. The smallest absolute Gasteiger partial charge is 0.163 e. The SMILES string of the molecule is COc1ccc2c(c1)C1=C(CCC1=O)CC2. The standard InChI is InChI=1S/C14H14O2/c1-16-11-6-4-9-2-3-10-5-7-13(15)14(10)12(9)8-11/h4,6,8H,2-3,5,7H2,1H3. The van der Waals surface area contributed by atoms with Crippen LogP contribution in [0.15, 0.2) is 23.8 Å². The highest BCUT2D eigenvalue weighted by molar-refractivity contribution is 6.24. The maximum absolute atomic E-state index is 11.9. The van der Waals surface area contributed by atoms with E-state index in [1.807, 2.05) is 12.1 Å². The number of carbonyl (C=O) groups is 1. The second kappa shape index (κ2) is 3.48. The quantitative estimate of drug-likeness (QED) is 0.718. The van der Waals surface area contributed by atoms with Crippen molar-refractivity contribution in [2.24, 2.45) is 0 Å². The van der Waals surface area contributed by atoms with E-state index in [1.165, 1.54) is 11.1 Å². The van der Waals surface area contributed by atoms with Crippen LogP contribution in [-0.4, -0.2) is 12.9 Å². The fraction of sp³-hybridized carbons (Fsp3) is 0.357. The molecular formula is C14H14O2. The first-order chi connectivity index (χ1) is 7.79. The third-order valence-corrected chi connectivity index (χ3v) is 3.57. The molecule has 0 aromatic heterocycles. The number of ketones is 1. The van der Waals surface area contributed by atoms with Crippen LogP contribution in [0.2, 0.25) is 0 Å². The number of hydrogen-bond acceptors (Lipinski definition) is 2.